The fourth-order valence-corrected chi connectivity index (χ4v) is 2.50. The molecule has 0 spiro atoms. The molecule has 0 aliphatic rings. The van der Waals surface area contributed by atoms with Crippen LogP contribution in [0.1, 0.15) is 21.5 Å². The van der Waals surface area contributed by atoms with Crippen LogP contribution in [0.4, 0.5) is 24.5 Å². The highest BCUT2D eigenvalue weighted by atomic mass is 32.1. The molecule has 0 unspecified atom stereocenters. The number of nitrogens with one attached hydrogen (secondary N) is 1. The van der Waals surface area contributed by atoms with E-state index in [9.17, 15) is 18.0 Å². The smallest absolute Gasteiger partial charge is 0.398 e. The molecule has 0 saturated heterocycles. The molecule has 0 fully saturated rings. The second kappa shape index (κ2) is 5.16. The van der Waals surface area contributed by atoms with Gasteiger partial charge in [0.05, 0.1) is 11.1 Å². The minimum absolute atomic E-state index is 0.0575. The Labute approximate surface area is 117 Å². The maximum absolute atomic E-state index is 12.7. The van der Waals surface area contributed by atoms with Crippen molar-refractivity contribution < 1.29 is 18.0 Å². The number of hydrogen-bond donors (Lipinski definition) is 2. The van der Waals surface area contributed by atoms with Gasteiger partial charge in [0.15, 0.2) is 0 Å². The van der Waals surface area contributed by atoms with Crippen LogP contribution in [0.3, 0.4) is 0 Å². The minimum Gasteiger partial charge on any atom is -0.398 e. The van der Waals surface area contributed by atoms with Crippen molar-refractivity contribution in [3.05, 3.63) is 45.6 Å². The summed E-state index contributed by atoms with van der Waals surface area (Å²) in [7, 11) is 0. The molecule has 7 heteroatoms. The molecule has 1 heterocycles. The lowest BCUT2D eigenvalue weighted by Gasteiger charge is -2.12. The topological polar surface area (TPSA) is 55.1 Å². The van der Waals surface area contributed by atoms with Gasteiger partial charge in [-0.2, -0.15) is 24.5 Å². The Morgan fingerprint density at radius 2 is 2.00 bits per heavy atom. The van der Waals surface area contributed by atoms with Gasteiger partial charge in [-0.3, -0.25) is 4.79 Å². The molecule has 2 rings (SSSR count). The van der Waals surface area contributed by atoms with Crippen LogP contribution in [0.5, 0.6) is 0 Å². The summed E-state index contributed by atoms with van der Waals surface area (Å²) in [4.78, 5) is 11.9. The molecule has 106 valence electrons. The molecule has 0 atom stereocenters. The summed E-state index contributed by atoms with van der Waals surface area (Å²) in [5.41, 5.74) is 5.24. The van der Waals surface area contributed by atoms with E-state index in [0.29, 0.717) is 5.56 Å². The van der Waals surface area contributed by atoms with Gasteiger partial charge in [-0.15, -0.1) is 0 Å². The van der Waals surface area contributed by atoms with Gasteiger partial charge in [0.2, 0.25) is 0 Å². The summed E-state index contributed by atoms with van der Waals surface area (Å²) >= 11 is 1.35. The zero-order chi connectivity index (χ0) is 14.9. The number of nitrogens with two attached hydrogens (primary N) is 1. The quantitative estimate of drug-likeness (QED) is 0.826. The SMILES string of the molecule is Cc1cscc1C(=O)Nc1ccc(N)c(C(F)(F)F)c1. The van der Waals surface area contributed by atoms with E-state index < -0.39 is 17.6 Å². The highest BCUT2D eigenvalue weighted by Gasteiger charge is 2.33. The summed E-state index contributed by atoms with van der Waals surface area (Å²) in [6.45, 7) is 1.76. The Hall–Kier alpha value is -2.02. The normalized spacial score (nSPS) is 11.4. The Morgan fingerprint density at radius 3 is 2.55 bits per heavy atom. The third-order valence-corrected chi connectivity index (χ3v) is 3.58. The summed E-state index contributed by atoms with van der Waals surface area (Å²) in [5.74, 6) is -0.443. The van der Waals surface area contributed by atoms with Crippen LogP contribution in [-0.2, 0) is 6.18 Å². The van der Waals surface area contributed by atoms with Gasteiger partial charge in [0, 0.05) is 16.8 Å². The molecule has 1 aromatic carbocycles. The Bertz CT molecular complexity index is 649. The number of hydrogen-bond acceptors (Lipinski definition) is 3. The first kappa shape index (κ1) is 14.4. The second-order valence-corrected chi connectivity index (χ2v) is 4.97. The highest BCUT2D eigenvalue weighted by molar-refractivity contribution is 7.08. The number of carbonyl (C=O) groups is 1. The van der Waals surface area contributed by atoms with E-state index >= 15 is 0 Å². The summed E-state index contributed by atoms with van der Waals surface area (Å²) in [6, 6.07) is 3.29. The number of rotatable bonds is 2. The van der Waals surface area contributed by atoms with Crippen LogP contribution in [0, 0.1) is 6.92 Å². The number of anilines is 2. The van der Waals surface area contributed by atoms with Gasteiger partial charge in [-0.25, -0.2) is 0 Å². The first-order chi connectivity index (χ1) is 9.29. The largest absolute Gasteiger partial charge is 0.418 e. The maximum atomic E-state index is 12.7. The molecule has 0 radical (unpaired) electrons. The Morgan fingerprint density at radius 1 is 1.30 bits per heavy atom. The predicted molar refractivity (Wildman–Crippen MR) is 72.9 cm³/mol. The third-order valence-electron chi connectivity index (χ3n) is 2.72. The molecule has 0 saturated carbocycles. The fourth-order valence-electron chi connectivity index (χ4n) is 1.67. The fraction of sp³-hybridized carbons (Fsp3) is 0.154. The van der Waals surface area contributed by atoms with Crippen LogP contribution >= 0.6 is 11.3 Å². The van der Waals surface area contributed by atoms with Crippen LogP contribution in [0.25, 0.3) is 0 Å². The molecule has 1 aromatic heterocycles. The maximum Gasteiger partial charge on any atom is 0.418 e. The zero-order valence-electron chi connectivity index (χ0n) is 10.4. The number of carbonyl (C=O) groups excluding carboxylic acids is 1. The number of thiophene rings is 1. The van der Waals surface area contributed by atoms with E-state index in [1.807, 2.05) is 0 Å². The van der Waals surface area contributed by atoms with Crippen molar-refractivity contribution in [3.63, 3.8) is 0 Å². The lowest BCUT2D eigenvalue weighted by atomic mass is 10.1. The van der Waals surface area contributed by atoms with Crippen molar-refractivity contribution in [1.82, 2.24) is 0 Å². The number of nitrogen functional groups attached to an aromatic ring is 1. The molecule has 1 amide bonds. The van der Waals surface area contributed by atoms with Crippen LogP contribution in [0.15, 0.2) is 29.0 Å². The van der Waals surface area contributed by atoms with Crippen molar-refractivity contribution in [2.24, 2.45) is 0 Å². The predicted octanol–water partition coefficient (Wildman–Crippen LogP) is 3.91. The molecule has 20 heavy (non-hydrogen) atoms. The van der Waals surface area contributed by atoms with Crippen molar-refractivity contribution in [2.45, 2.75) is 13.1 Å². The number of halogens is 3. The van der Waals surface area contributed by atoms with E-state index in [0.717, 1.165) is 17.7 Å². The Balaban J connectivity index is 2.27. The van der Waals surface area contributed by atoms with Gasteiger partial charge in [0.1, 0.15) is 0 Å². The summed E-state index contributed by atoms with van der Waals surface area (Å²) in [6.07, 6.45) is -4.55. The lowest BCUT2D eigenvalue weighted by molar-refractivity contribution is -0.136. The van der Waals surface area contributed by atoms with Crippen molar-refractivity contribution >= 4 is 28.6 Å². The molecule has 0 aliphatic carbocycles. The monoisotopic (exact) mass is 300 g/mol. The van der Waals surface area contributed by atoms with E-state index in [-0.39, 0.29) is 11.4 Å². The minimum atomic E-state index is -4.55. The molecule has 3 nitrogen and oxygen atoms in total. The molecule has 2 aromatic rings. The first-order valence-corrected chi connectivity index (χ1v) is 6.54. The summed E-state index contributed by atoms with van der Waals surface area (Å²) in [5, 5.41) is 5.87. The van der Waals surface area contributed by atoms with Crippen molar-refractivity contribution in [2.75, 3.05) is 11.1 Å². The number of benzene rings is 1. The molecular weight excluding hydrogens is 289 g/mol. The van der Waals surface area contributed by atoms with E-state index in [1.54, 1.807) is 17.7 Å². The number of amides is 1. The molecule has 3 N–H and O–H groups in total. The van der Waals surface area contributed by atoms with Crippen LogP contribution in [0.2, 0.25) is 0 Å². The average Bonchev–Trinajstić information content (AvgIpc) is 2.76. The highest BCUT2D eigenvalue weighted by Crippen LogP contribution is 2.35. The van der Waals surface area contributed by atoms with Crippen LogP contribution in [-0.4, -0.2) is 5.91 Å². The molecule has 0 aliphatic heterocycles. The Kier molecular flexibility index (Phi) is 3.71. The van der Waals surface area contributed by atoms with E-state index in [1.165, 1.54) is 17.4 Å². The van der Waals surface area contributed by atoms with E-state index in [4.69, 9.17) is 5.73 Å². The van der Waals surface area contributed by atoms with Gasteiger partial charge in [-0.05, 0) is 36.1 Å². The van der Waals surface area contributed by atoms with Gasteiger partial charge < -0.3 is 11.1 Å². The van der Waals surface area contributed by atoms with Gasteiger partial charge in [0.25, 0.3) is 5.91 Å². The van der Waals surface area contributed by atoms with Gasteiger partial charge >= 0.3 is 6.18 Å². The molecule has 0 bridgehead atoms. The van der Waals surface area contributed by atoms with E-state index in [2.05, 4.69) is 5.32 Å². The standard InChI is InChI=1S/C13H11F3N2OS/c1-7-5-20-6-9(7)12(19)18-8-2-3-11(17)10(4-8)13(14,15)16/h2-6H,17H2,1H3,(H,18,19). The molecular formula is C13H11F3N2OS. The lowest BCUT2D eigenvalue weighted by Crippen LogP contribution is -2.14. The van der Waals surface area contributed by atoms with Crippen molar-refractivity contribution in [1.29, 1.82) is 0 Å². The van der Waals surface area contributed by atoms with Crippen molar-refractivity contribution in [3.8, 4) is 0 Å². The second-order valence-electron chi connectivity index (χ2n) is 4.22. The first-order valence-electron chi connectivity index (χ1n) is 5.60. The third kappa shape index (κ3) is 2.93. The zero-order valence-corrected chi connectivity index (χ0v) is 11.2. The van der Waals surface area contributed by atoms with Gasteiger partial charge in [-0.1, -0.05) is 0 Å². The number of alkyl halides is 3. The summed E-state index contributed by atoms with van der Waals surface area (Å²) < 4.78 is 38.1. The number of aryl methyl sites for hydroxylation is 1. The van der Waals surface area contributed by atoms with Crippen LogP contribution < -0.4 is 11.1 Å². The average molecular weight is 300 g/mol.